The van der Waals surface area contributed by atoms with Gasteiger partial charge in [0.25, 0.3) is 0 Å². The maximum atomic E-state index is 11.6. The molecule has 2 fully saturated rings. The molecule has 0 saturated heterocycles. The molecule has 2 rings (SSSR count). The number of rotatable bonds is 6. The Morgan fingerprint density at radius 1 is 1.41 bits per heavy atom. The standard InChI is InChI=1S/C13H22IO3/c1-9(7-14-2)13(15)17-8-16-12-6-10-3-4-11(12)5-10/h9-12H,3-8H2,1-2H3/q-1. The molecule has 0 aromatic carbocycles. The molecule has 0 amide bonds. The van der Waals surface area contributed by atoms with Crippen LogP contribution in [0.1, 0.15) is 32.6 Å². The minimum atomic E-state index is -0.0882. The van der Waals surface area contributed by atoms with Gasteiger partial charge in [-0.25, -0.2) is 0 Å². The van der Waals surface area contributed by atoms with E-state index in [-0.39, 0.29) is 39.9 Å². The van der Waals surface area contributed by atoms with Crippen LogP contribution in [0.3, 0.4) is 0 Å². The molecule has 100 valence electrons. The summed E-state index contributed by atoms with van der Waals surface area (Å²) in [5.74, 6) is 1.58. The van der Waals surface area contributed by atoms with E-state index in [1.807, 2.05) is 6.92 Å². The molecule has 4 atom stereocenters. The van der Waals surface area contributed by atoms with Gasteiger partial charge in [0.2, 0.25) is 0 Å². The summed E-state index contributed by atoms with van der Waals surface area (Å²) in [6.45, 7) is 2.11. The normalized spacial score (nSPS) is 32.9. The summed E-state index contributed by atoms with van der Waals surface area (Å²) in [6.07, 6.45) is 5.55. The van der Waals surface area contributed by atoms with Crippen LogP contribution in [-0.2, 0) is 14.3 Å². The van der Waals surface area contributed by atoms with Gasteiger partial charge in [-0.3, -0.25) is 0 Å². The van der Waals surface area contributed by atoms with Gasteiger partial charge in [-0.2, -0.15) is 0 Å². The van der Waals surface area contributed by atoms with Crippen LogP contribution < -0.4 is 21.2 Å². The first-order chi connectivity index (χ1) is 8.20. The average molecular weight is 353 g/mol. The van der Waals surface area contributed by atoms with Gasteiger partial charge >= 0.3 is 114 Å². The molecular weight excluding hydrogens is 331 g/mol. The van der Waals surface area contributed by atoms with E-state index in [0.29, 0.717) is 6.10 Å². The molecule has 0 aromatic rings. The molecule has 0 heterocycles. The SMILES string of the molecule is C[I-]CC(C)C(=O)OCOC1CC2CCC1C2. The van der Waals surface area contributed by atoms with E-state index in [0.717, 1.165) is 16.3 Å². The van der Waals surface area contributed by atoms with Gasteiger partial charge in [0.1, 0.15) is 0 Å². The molecule has 4 heteroatoms. The zero-order valence-electron chi connectivity index (χ0n) is 10.7. The zero-order valence-corrected chi connectivity index (χ0v) is 12.8. The van der Waals surface area contributed by atoms with Crippen molar-refractivity contribution in [3.8, 4) is 0 Å². The summed E-state index contributed by atoms with van der Waals surface area (Å²) in [7, 11) is 0. The summed E-state index contributed by atoms with van der Waals surface area (Å²) in [5, 5.41) is 0. The third-order valence-electron chi connectivity index (χ3n) is 3.94. The Morgan fingerprint density at radius 2 is 2.24 bits per heavy atom. The van der Waals surface area contributed by atoms with Crippen LogP contribution in [-0.4, -0.2) is 28.2 Å². The molecule has 3 nitrogen and oxygen atoms in total. The number of halogens is 1. The van der Waals surface area contributed by atoms with Crippen molar-refractivity contribution < 1.29 is 35.5 Å². The fraction of sp³-hybridized carbons (Fsp3) is 0.923. The first kappa shape index (κ1) is 13.6. The number of carbonyl (C=O) groups excluding carboxylic acids is 1. The molecule has 2 bridgehead atoms. The number of hydrogen-bond donors (Lipinski definition) is 0. The van der Waals surface area contributed by atoms with Crippen LogP contribution in [0.4, 0.5) is 0 Å². The molecule has 2 aliphatic rings. The second kappa shape index (κ2) is 6.36. The predicted octanol–water partition coefficient (Wildman–Crippen LogP) is -0.953. The third kappa shape index (κ3) is 3.56. The molecule has 0 aliphatic heterocycles. The van der Waals surface area contributed by atoms with Crippen LogP contribution in [0.25, 0.3) is 0 Å². The monoisotopic (exact) mass is 353 g/mol. The molecule has 0 N–H and O–H groups in total. The third-order valence-corrected chi connectivity index (χ3v) is 6.15. The molecule has 0 radical (unpaired) electrons. The van der Waals surface area contributed by atoms with Gasteiger partial charge in [0.15, 0.2) is 0 Å². The van der Waals surface area contributed by atoms with E-state index in [1.165, 1.54) is 25.7 Å². The summed E-state index contributed by atoms with van der Waals surface area (Å²) >= 11 is 0.162. The molecule has 0 spiro atoms. The van der Waals surface area contributed by atoms with E-state index in [2.05, 4.69) is 4.93 Å². The summed E-state index contributed by atoms with van der Waals surface area (Å²) in [4.78, 5) is 13.8. The number of alkyl halides is 2. The van der Waals surface area contributed by atoms with E-state index >= 15 is 0 Å². The van der Waals surface area contributed by atoms with Crippen LogP contribution in [0.15, 0.2) is 0 Å². The van der Waals surface area contributed by atoms with Gasteiger partial charge in [-0.1, -0.05) is 0 Å². The number of ether oxygens (including phenoxy) is 2. The Hall–Kier alpha value is 0.160. The molecular formula is C13H22IO3-. The summed E-state index contributed by atoms with van der Waals surface area (Å²) < 4.78 is 11.9. The van der Waals surface area contributed by atoms with Crippen molar-refractivity contribution in [1.82, 2.24) is 0 Å². The first-order valence-electron chi connectivity index (χ1n) is 6.42. The Labute approximate surface area is 114 Å². The number of esters is 1. The van der Waals surface area contributed by atoms with Crippen molar-refractivity contribution in [3.05, 3.63) is 0 Å². The topological polar surface area (TPSA) is 35.5 Å². The van der Waals surface area contributed by atoms with Crippen molar-refractivity contribution in [1.29, 1.82) is 0 Å². The van der Waals surface area contributed by atoms with Crippen molar-refractivity contribution in [2.75, 3.05) is 16.2 Å². The quantitative estimate of drug-likeness (QED) is 0.267. The van der Waals surface area contributed by atoms with E-state index in [9.17, 15) is 4.79 Å². The van der Waals surface area contributed by atoms with Gasteiger partial charge < -0.3 is 0 Å². The number of hydrogen-bond acceptors (Lipinski definition) is 3. The maximum absolute atomic E-state index is 11.6. The van der Waals surface area contributed by atoms with Crippen LogP contribution in [0.2, 0.25) is 0 Å². The fourth-order valence-electron chi connectivity index (χ4n) is 3.01. The Bertz CT molecular complexity index is 269. The number of fused-ring (bicyclic) bond motifs is 2. The molecule has 2 saturated carbocycles. The molecule has 17 heavy (non-hydrogen) atoms. The minimum absolute atomic E-state index is 0.0522. The van der Waals surface area contributed by atoms with E-state index < -0.39 is 0 Å². The number of carbonyl (C=O) groups is 1. The van der Waals surface area contributed by atoms with Gasteiger partial charge in [-0.15, -0.1) is 0 Å². The summed E-state index contributed by atoms with van der Waals surface area (Å²) in [6, 6.07) is 0. The van der Waals surface area contributed by atoms with Crippen LogP contribution in [0.5, 0.6) is 0 Å². The summed E-state index contributed by atoms with van der Waals surface area (Å²) in [5.41, 5.74) is 0. The Morgan fingerprint density at radius 3 is 2.82 bits per heavy atom. The average Bonchev–Trinajstić information content (AvgIpc) is 2.91. The molecule has 4 unspecified atom stereocenters. The predicted molar refractivity (Wildman–Crippen MR) is 61.2 cm³/mol. The molecule has 2 aliphatic carbocycles. The Balaban J connectivity index is 1.61. The van der Waals surface area contributed by atoms with Gasteiger partial charge in [0.05, 0.1) is 0 Å². The molecule has 0 aromatic heterocycles. The van der Waals surface area contributed by atoms with Crippen LogP contribution >= 0.6 is 0 Å². The van der Waals surface area contributed by atoms with E-state index in [1.54, 1.807) is 0 Å². The van der Waals surface area contributed by atoms with Crippen molar-refractivity contribution in [3.63, 3.8) is 0 Å². The first-order valence-corrected chi connectivity index (χ1v) is 10.1. The van der Waals surface area contributed by atoms with E-state index in [4.69, 9.17) is 9.47 Å². The Kier molecular flexibility index (Phi) is 5.09. The van der Waals surface area contributed by atoms with Crippen LogP contribution in [0, 0.1) is 17.8 Å². The van der Waals surface area contributed by atoms with Crippen molar-refractivity contribution in [2.24, 2.45) is 17.8 Å². The van der Waals surface area contributed by atoms with Gasteiger partial charge in [-0.05, 0) is 0 Å². The van der Waals surface area contributed by atoms with Gasteiger partial charge in [0, 0.05) is 0 Å². The fourth-order valence-corrected chi connectivity index (χ4v) is 4.69. The second-order valence-corrected chi connectivity index (χ2v) is 7.69. The zero-order chi connectivity index (χ0) is 12.3. The van der Waals surface area contributed by atoms with Crippen molar-refractivity contribution >= 4 is 5.97 Å². The second-order valence-electron chi connectivity index (χ2n) is 5.28. The van der Waals surface area contributed by atoms with Crippen molar-refractivity contribution in [2.45, 2.75) is 38.7 Å².